The number of H-pyrrole nitrogens is 1. The smallest absolute Gasteiger partial charge is 0.101 e. The number of aromatic amines is 1. The molecule has 0 radical (unpaired) electrons. The first-order chi connectivity index (χ1) is 7.31. The Hall–Kier alpha value is -0.940. The van der Waals surface area contributed by atoms with Crippen LogP contribution >= 0.6 is 0 Å². The molecule has 1 heterocycles. The van der Waals surface area contributed by atoms with Crippen LogP contribution in [0.5, 0.6) is 0 Å². The van der Waals surface area contributed by atoms with Crippen molar-refractivity contribution in [2.75, 3.05) is 0 Å². The van der Waals surface area contributed by atoms with E-state index in [-0.39, 0.29) is 6.04 Å². The highest BCUT2D eigenvalue weighted by molar-refractivity contribution is 5.02. The van der Waals surface area contributed by atoms with Crippen molar-refractivity contribution in [3.63, 3.8) is 0 Å². The molecule has 1 aliphatic rings. The number of nitrogens with zero attached hydrogens (tertiary/aromatic N) is 2. The van der Waals surface area contributed by atoms with Crippen molar-refractivity contribution in [2.45, 2.75) is 38.6 Å². The maximum atomic E-state index is 5.61. The van der Waals surface area contributed by atoms with Crippen LogP contribution in [-0.4, -0.2) is 15.4 Å². The van der Waals surface area contributed by atoms with Crippen LogP contribution in [-0.2, 0) is 0 Å². The molecule has 3 unspecified atom stereocenters. The summed E-state index contributed by atoms with van der Waals surface area (Å²) in [5, 5.41) is 10.6. The molecule has 2 rings (SSSR count). The number of hydrogen-bond acceptors (Lipinski definition) is 4. The maximum absolute atomic E-state index is 5.61. The molecule has 1 saturated carbocycles. The summed E-state index contributed by atoms with van der Waals surface area (Å²) in [6, 6.07) is 0.145. The van der Waals surface area contributed by atoms with Gasteiger partial charge in [-0.05, 0) is 24.7 Å². The van der Waals surface area contributed by atoms with Gasteiger partial charge in [-0.3, -0.25) is 11.3 Å². The van der Waals surface area contributed by atoms with Gasteiger partial charge in [-0.1, -0.05) is 19.8 Å². The van der Waals surface area contributed by atoms with Crippen LogP contribution < -0.4 is 11.3 Å². The zero-order chi connectivity index (χ0) is 10.7. The molecule has 3 atom stereocenters. The monoisotopic (exact) mass is 209 g/mol. The van der Waals surface area contributed by atoms with Gasteiger partial charge in [0.15, 0.2) is 0 Å². The Labute approximate surface area is 89.8 Å². The number of rotatable bonds is 3. The summed E-state index contributed by atoms with van der Waals surface area (Å²) in [6.45, 7) is 2.31. The Morgan fingerprint density at radius 1 is 1.60 bits per heavy atom. The summed E-state index contributed by atoms with van der Waals surface area (Å²) in [6.07, 6.45) is 6.84. The highest BCUT2D eigenvalue weighted by Gasteiger charge is 2.28. The zero-order valence-corrected chi connectivity index (χ0v) is 9.11. The highest BCUT2D eigenvalue weighted by atomic mass is 15.3. The molecule has 15 heavy (non-hydrogen) atoms. The van der Waals surface area contributed by atoms with Gasteiger partial charge in [-0.15, -0.1) is 0 Å². The van der Waals surface area contributed by atoms with Gasteiger partial charge in [-0.25, -0.2) is 0 Å². The second kappa shape index (κ2) is 4.72. The fraction of sp³-hybridized carbons (Fsp3) is 0.800. The lowest BCUT2D eigenvalue weighted by atomic mass is 9.78. The molecule has 0 saturated heterocycles. The molecule has 1 aliphatic carbocycles. The number of nitrogens with one attached hydrogen (secondary N) is 2. The molecule has 0 aliphatic heterocycles. The van der Waals surface area contributed by atoms with E-state index in [2.05, 4.69) is 27.8 Å². The molecule has 5 heteroatoms. The van der Waals surface area contributed by atoms with Crippen molar-refractivity contribution in [1.29, 1.82) is 0 Å². The minimum Gasteiger partial charge on any atom is -0.271 e. The number of hydrogen-bond donors (Lipinski definition) is 3. The van der Waals surface area contributed by atoms with Crippen molar-refractivity contribution in [3.8, 4) is 0 Å². The van der Waals surface area contributed by atoms with Gasteiger partial charge in [0.05, 0.1) is 12.2 Å². The van der Waals surface area contributed by atoms with E-state index in [1.165, 1.54) is 25.7 Å². The summed E-state index contributed by atoms with van der Waals surface area (Å²) in [5.74, 6) is 6.99. The molecule has 84 valence electrons. The Kier molecular flexibility index (Phi) is 3.33. The third-order valence-electron chi connectivity index (χ3n) is 3.38. The lowest BCUT2D eigenvalue weighted by Gasteiger charge is -2.31. The zero-order valence-electron chi connectivity index (χ0n) is 9.11. The second-order valence-electron chi connectivity index (χ2n) is 4.57. The summed E-state index contributed by atoms with van der Waals surface area (Å²) < 4.78 is 0. The largest absolute Gasteiger partial charge is 0.271 e. The van der Waals surface area contributed by atoms with E-state index < -0.39 is 0 Å². The predicted molar refractivity (Wildman–Crippen MR) is 57.6 cm³/mol. The van der Waals surface area contributed by atoms with Crippen LogP contribution in [0.15, 0.2) is 6.20 Å². The normalized spacial score (nSPS) is 28.9. The topological polar surface area (TPSA) is 79.6 Å². The van der Waals surface area contributed by atoms with E-state index in [4.69, 9.17) is 5.84 Å². The highest BCUT2D eigenvalue weighted by Crippen LogP contribution is 2.35. The quantitative estimate of drug-likeness (QED) is 0.515. The van der Waals surface area contributed by atoms with Crippen LogP contribution in [0.1, 0.15) is 44.3 Å². The Balaban J connectivity index is 2.06. The van der Waals surface area contributed by atoms with Crippen molar-refractivity contribution < 1.29 is 0 Å². The van der Waals surface area contributed by atoms with Crippen molar-refractivity contribution in [1.82, 2.24) is 20.8 Å². The van der Waals surface area contributed by atoms with Gasteiger partial charge >= 0.3 is 0 Å². The van der Waals surface area contributed by atoms with E-state index in [9.17, 15) is 0 Å². The molecule has 4 N–H and O–H groups in total. The SMILES string of the molecule is CC1CCCC(C(NN)c2cn[nH]n2)C1. The predicted octanol–water partition coefficient (Wildman–Crippen LogP) is 1.14. The van der Waals surface area contributed by atoms with Crippen molar-refractivity contribution in [2.24, 2.45) is 17.7 Å². The van der Waals surface area contributed by atoms with Crippen molar-refractivity contribution in [3.05, 3.63) is 11.9 Å². The Bertz CT molecular complexity index is 284. The van der Waals surface area contributed by atoms with Crippen LogP contribution in [0.3, 0.4) is 0 Å². The van der Waals surface area contributed by atoms with Gasteiger partial charge in [0.1, 0.15) is 5.69 Å². The van der Waals surface area contributed by atoms with E-state index in [1.807, 2.05) is 0 Å². The van der Waals surface area contributed by atoms with Crippen LogP contribution in [0.25, 0.3) is 0 Å². The van der Waals surface area contributed by atoms with E-state index >= 15 is 0 Å². The first kappa shape index (κ1) is 10.6. The molecule has 0 amide bonds. The van der Waals surface area contributed by atoms with Gasteiger partial charge in [0.25, 0.3) is 0 Å². The Morgan fingerprint density at radius 2 is 2.47 bits per heavy atom. The van der Waals surface area contributed by atoms with Crippen molar-refractivity contribution >= 4 is 0 Å². The van der Waals surface area contributed by atoms with Gasteiger partial charge in [-0.2, -0.15) is 15.4 Å². The fourth-order valence-corrected chi connectivity index (χ4v) is 2.61. The summed E-state index contributed by atoms with van der Waals surface area (Å²) in [7, 11) is 0. The van der Waals surface area contributed by atoms with Gasteiger partial charge < -0.3 is 0 Å². The standard InChI is InChI=1S/C10H19N5/c1-7-3-2-4-8(5-7)10(13-11)9-6-12-15-14-9/h6-8,10,13H,2-5,11H2,1H3,(H,12,14,15). The third kappa shape index (κ3) is 2.35. The summed E-state index contributed by atoms with van der Waals surface area (Å²) >= 11 is 0. The molecular weight excluding hydrogens is 190 g/mol. The molecule has 0 bridgehead atoms. The summed E-state index contributed by atoms with van der Waals surface area (Å²) in [4.78, 5) is 0. The van der Waals surface area contributed by atoms with Gasteiger partial charge in [0.2, 0.25) is 0 Å². The summed E-state index contributed by atoms with van der Waals surface area (Å²) in [5.41, 5.74) is 3.80. The number of nitrogens with two attached hydrogens (primary N) is 1. The molecule has 0 spiro atoms. The molecule has 0 aromatic carbocycles. The average Bonchev–Trinajstić information content (AvgIpc) is 2.72. The molecule has 1 fully saturated rings. The van der Waals surface area contributed by atoms with E-state index in [0.717, 1.165) is 11.6 Å². The molecular formula is C10H19N5. The van der Waals surface area contributed by atoms with Crippen LogP contribution in [0, 0.1) is 11.8 Å². The molecule has 5 nitrogen and oxygen atoms in total. The minimum absolute atomic E-state index is 0.145. The fourth-order valence-electron chi connectivity index (χ4n) is 2.61. The maximum Gasteiger partial charge on any atom is 0.101 e. The van der Waals surface area contributed by atoms with Crippen LogP contribution in [0.2, 0.25) is 0 Å². The molecule has 1 aromatic heterocycles. The first-order valence-electron chi connectivity index (χ1n) is 5.63. The second-order valence-corrected chi connectivity index (χ2v) is 4.57. The number of aromatic nitrogens is 3. The minimum atomic E-state index is 0.145. The lowest BCUT2D eigenvalue weighted by Crippen LogP contribution is -2.35. The molecule has 1 aromatic rings. The lowest BCUT2D eigenvalue weighted by molar-refractivity contribution is 0.222. The third-order valence-corrected chi connectivity index (χ3v) is 3.38. The number of hydrazine groups is 1. The van der Waals surface area contributed by atoms with E-state index in [0.29, 0.717) is 5.92 Å². The first-order valence-corrected chi connectivity index (χ1v) is 5.63. The van der Waals surface area contributed by atoms with Crippen LogP contribution in [0.4, 0.5) is 0 Å². The van der Waals surface area contributed by atoms with Gasteiger partial charge in [0, 0.05) is 0 Å². The average molecular weight is 209 g/mol. The Morgan fingerprint density at radius 3 is 3.07 bits per heavy atom. The van der Waals surface area contributed by atoms with E-state index in [1.54, 1.807) is 6.20 Å².